The molecule has 1 aliphatic rings. The van der Waals surface area contributed by atoms with Gasteiger partial charge in [-0.3, -0.25) is 4.90 Å². The van der Waals surface area contributed by atoms with Crippen LogP contribution in [0.5, 0.6) is 11.5 Å². The Bertz CT molecular complexity index is 1270. The molecule has 37 heavy (non-hydrogen) atoms. The van der Waals surface area contributed by atoms with Crippen molar-refractivity contribution in [3.05, 3.63) is 101 Å². The second-order valence-corrected chi connectivity index (χ2v) is 8.67. The predicted molar refractivity (Wildman–Crippen MR) is 144 cm³/mol. The van der Waals surface area contributed by atoms with Crippen molar-refractivity contribution in [2.24, 2.45) is 0 Å². The molecule has 0 aliphatic carbocycles. The van der Waals surface area contributed by atoms with Crippen molar-refractivity contribution in [2.75, 3.05) is 46.1 Å². The monoisotopic (exact) mass is 497 g/mol. The van der Waals surface area contributed by atoms with Crippen LogP contribution in [0.25, 0.3) is 5.57 Å². The van der Waals surface area contributed by atoms with E-state index in [1.54, 1.807) is 12.1 Å². The highest BCUT2D eigenvalue weighted by atomic mass is 16.5. The molecule has 6 nitrogen and oxygen atoms in total. The number of carbonyl (C=O) groups is 1. The molecule has 190 valence electrons. The summed E-state index contributed by atoms with van der Waals surface area (Å²) in [6, 6.07) is 23.9. The Hall–Kier alpha value is -4.05. The minimum atomic E-state index is -1.01. The predicted octanol–water partition coefficient (Wildman–Crippen LogP) is 4.65. The van der Waals surface area contributed by atoms with Gasteiger partial charge in [0.15, 0.2) is 6.61 Å². The molecule has 1 heterocycles. The van der Waals surface area contributed by atoms with E-state index in [2.05, 4.69) is 59.2 Å². The molecule has 0 aromatic heterocycles. The molecule has 0 amide bonds. The Labute approximate surface area is 218 Å². The summed E-state index contributed by atoms with van der Waals surface area (Å²) in [7, 11) is 0. The van der Waals surface area contributed by atoms with Crippen LogP contribution in [-0.2, 0) is 9.53 Å². The van der Waals surface area contributed by atoms with Crippen LogP contribution >= 0.6 is 0 Å². The standard InChI is InChI=1S/C31H31NO5/c1-24-22-28(13-14-30(24)37-23-31(33)34)36-19-15-29(26-7-3-2-4-8-26)27-11-9-25(10-12-27)6-5-16-32-17-20-35-21-18-32/h2-4,7-15,22H,16-21,23H2,1H3,(H,33,34). The number of ether oxygens (including phenoxy) is 3. The maximum atomic E-state index is 10.7. The molecule has 0 atom stereocenters. The summed E-state index contributed by atoms with van der Waals surface area (Å²) in [5, 5.41) is 8.81. The minimum absolute atomic E-state index is 0.373. The average Bonchev–Trinajstić information content (AvgIpc) is 2.92. The van der Waals surface area contributed by atoms with E-state index >= 15 is 0 Å². The van der Waals surface area contributed by atoms with Gasteiger partial charge in [0.2, 0.25) is 0 Å². The summed E-state index contributed by atoms with van der Waals surface area (Å²) in [6.45, 7) is 6.04. The first-order valence-electron chi connectivity index (χ1n) is 12.3. The van der Waals surface area contributed by atoms with Gasteiger partial charge >= 0.3 is 5.97 Å². The molecule has 4 rings (SSSR count). The van der Waals surface area contributed by atoms with Gasteiger partial charge in [-0.15, -0.1) is 0 Å². The van der Waals surface area contributed by atoms with E-state index in [1.807, 2.05) is 31.2 Å². The maximum absolute atomic E-state index is 10.7. The Morgan fingerprint density at radius 1 is 1.00 bits per heavy atom. The molecule has 0 radical (unpaired) electrons. The van der Waals surface area contributed by atoms with Crippen molar-refractivity contribution in [2.45, 2.75) is 6.92 Å². The molecule has 3 aromatic rings. The third-order valence-corrected chi connectivity index (χ3v) is 5.95. The molecule has 0 saturated carbocycles. The van der Waals surface area contributed by atoms with E-state index in [1.165, 1.54) is 0 Å². The Morgan fingerprint density at radius 2 is 1.73 bits per heavy atom. The zero-order valence-corrected chi connectivity index (χ0v) is 21.0. The highest BCUT2D eigenvalue weighted by Crippen LogP contribution is 2.26. The summed E-state index contributed by atoms with van der Waals surface area (Å²) < 4.78 is 16.7. The van der Waals surface area contributed by atoms with Crippen molar-refractivity contribution in [3.63, 3.8) is 0 Å². The normalized spacial score (nSPS) is 13.9. The quantitative estimate of drug-likeness (QED) is 0.434. The Kier molecular flexibility index (Phi) is 9.36. The van der Waals surface area contributed by atoms with E-state index in [-0.39, 0.29) is 6.61 Å². The number of hydrogen-bond acceptors (Lipinski definition) is 5. The van der Waals surface area contributed by atoms with Gasteiger partial charge in [-0.1, -0.05) is 54.3 Å². The molecule has 0 unspecified atom stereocenters. The molecule has 1 saturated heterocycles. The lowest BCUT2D eigenvalue weighted by Gasteiger charge is -2.24. The molecule has 0 spiro atoms. The van der Waals surface area contributed by atoms with Gasteiger partial charge < -0.3 is 19.3 Å². The molecule has 3 aromatic carbocycles. The van der Waals surface area contributed by atoms with E-state index in [0.717, 1.165) is 60.7 Å². The fourth-order valence-electron chi connectivity index (χ4n) is 4.00. The van der Waals surface area contributed by atoms with Crippen LogP contribution in [-0.4, -0.2) is 62.0 Å². The van der Waals surface area contributed by atoms with Crippen LogP contribution in [0, 0.1) is 18.8 Å². The number of hydrogen-bond donors (Lipinski definition) is 1. The van der Waals surface area contributed by atoms with Crippen molar-refractivity contribution < 1.29 is 24.1 Å². The summed E-state index contributed by atoms with van der Waals surface area (Å²) in [4.78, 5) is 13.1. The van der Waals surface area contributed by atoms with Gasteiger partial charge in [0.25, 0.3) is 0 Å². The van der Waals surface area contributed by atoms with Gasteiger partial charge in [-0.25, -0.2) is 4.79 Å². The minimum Gasteiger partial charge on any atom is -0.489 e. The highest BCUT2D eigenvalue weighted by Gasteiger charge is 2.09. The van der Waals surface area contributed by atoms with Gasteiger partial charge in [0.05, 0.1) is 19.8 Å². The van der Waals surface area contributed by atoms with Crippen molar-refractivity contribution >= 4 is 11.5 Å². The van der Waals surface area contributed by atoms with Crippen LogP contribution in [0.1, 0.15) is 22.3 Å². The smallest absolute Gasteiger partial charge is 0.341 e. The number of nitrogens with zero attached hydrogens (tertiary/aromatic N) is 1. The van der Waals surface area contributed by atoms with Gasteiger partial charge in [-0.05, 0) is 65.6 Å². The lowest BCUT2D eigenvalue weighted by molar-refractivity contribution is -0.139. The lowest BCUT2D eigenvalue weighted by atomic mass is 9.97. The molecule has 1 fully saturated rings. The topological polar surface area (TPSA) is 68.2 Å². The van der Waals surface area contributed by atoms with Crippen LogP contribution in [0.3, 0.4) is 0 Å². The fourth-order valence-corrected chi connectivity index (χ4v) is 4.00. The Morgan fingerprint density at radius 3 is 2.43 bits per heavy atom. The third kappa shape index (κ3) is 7.97. The fraction of sp³-hybridized carbons (Fsp3) is 0.258. The second kappa shape index (κ2) is 13.3. The van der Waals surface area contributed by atoms with Crippen LogP contribution in [0.15, 0.2) is 78.9 Å². The van der Waals surface area contributed by atoms with Crippen molar-refractivity contribution in [1.82, 2.24) is 4.90 Å². The van der Waals surface area contributed by atoms with Crippen molar-refractivity contribution in [1.29, 1.82) is 0 Å². The zero-order chi connectivity index (χ0) is 25.9. The lowest BCUT2D eigenvalue weighted by Crippen LogP contribution is -2.36. The van der Waals surface area contributed by atoms with Gasteiger partial charge in [0.1, 0.15) is 18.1 Å². The van der Waals surface area contributed by atoms with E-state index < -0.39 is 5.97 Å². The van der Waals surface area contributed by atoms with Crippen LogP contribution in [0.4, 0.5) is 0 Å². The molecular formula is C31H31NO5. The molecule has 0 bridgehead atoms. The summed E-state index contributed by atoms with van der Waals surface area (Å²) in [5.41, 5.74) is 5.07. The number of morpholine rings is 1. The molecular weight excluding hydrogens is 466 g/mol. The maximum Gasteiger partial charge on any atom is 0.341 e. The van der Waals surface area contributed by atoms with E-state index in [0.29, 0.717) is 18.1 Å². The molecule has 1 aliphatic heterocycles. The third-order valence-electron chi connectivity index (χ3n) is 5.95. The first-order valence-corrected chi connectivity index (χ1v) is 12.3. The number of aliphatic carboxylic acids is 1. The average molecular weight is 498 g/mol. The number of carboxylic acid groups (broad SMARTS) is 1. The van der Waals surface area contributed by atoms with E-state index in [4.69, 9.17) is 19.3 Å². The number of benzene rings is 3. The summed E-state index contributed by atoms with van der Waals surface area (Å²) in [6.07, 6.45) is 2.07. The SMILES string of the molecule is Cc1cc(OCC=C(c2ccccc2)c2ccc(C#CCN3CCOCC3)cc2)ccc1OCC(=O)O. The first-order chi connectivity index (χ1) is 18.1. The highest BCUT2D eigenvalue weighted by molar-refractivity contribution is 5.80. The van der Waals surface area contributed by atoms with Crippen LogP contribution in [0.2, 0.25) is 0 Å². The summed E-state index contributed by atoms with van der Waals surface area (Å²) in [5.74, 6) is 6.75. The van der Waals surface area contributed by atoms with Crippen molar-refractivity contribution in [3.8, 4) is 23.3 Å². The molecule has 6 heteroatoms. The number of carboxylic acids is 1. The zero-order valence-electron chi connectivity index (χ0n) is 21.0. The van der Waals surface area contributed by atoms with Gasteiger partial charge in [-0.2, -0.15) is 0 Å². The molecule has 1 N–H and O–H groups in total. The summed E-state index contributed by atoms with van der Waals surface area (Å²) >= 11 is 0. The number of aryl methyl sites for hydroxylation is 1. The number of rotatable bonds is 9. The largest absolute Gasteiger partial charge is 0.489 e. The van der Waals surface area contributed by atoms with Gasteiger partial charge in [0, 0.05) is 18.7 Å². The second-order valence-electron chi connectivity index (χ2n) is 8.67. The Balaban J connectivity index is 1.44. The first kappa shape index (κ1) is 26.0. The van der Waals surface area contributed by atoms with Crippen LogP contribution < -0.4 is 9.47 Å². The van der Waals surface area contributed by atoms with E-state index in [9.17, 15) is 4.79 Å².